The van der Waals surface area contributed by atoms with Crippen molar-refractivity contribution in [3.63, 3.8) is 0 Å². The van der Waals surface area contributed by atoms with Crippen molar-refractivity contribution in [1.29, 1.82) is 0 Å². The largest absolute Gasteiger partial charge is 0.416 e. The number of aromatic nitrogens is 2. The Hall–Kier alpha value is -6.33. The number of carbonyl (C=O) groups is 3. The van der Waals surface area contributed by atoms with Gasteiger partial charge in [-0.25, -0.2) is 17.6 Å². The van der Waals surface area contributed by atoms with Gasteiger partial charge in [0, 0.05) is 62.8 Å². The molecule has 2 unspecified atom stereocenters. The first kappa shape index (κ1) is 52.5. The minimum Gasteiger partial charge on any atom is -0.340 e. The predicted octanol–water partition coefficient (Wildman–Crippen LogP) is 12.8. The molecule has 0 bridgehead atoms. The summed E-state index contributed by atoms with van der Waals surface area (Å²) in [5.74, 6) is -8.36. The molecular formula is C52H42Cl2F10N4O3. The van der Waals surface area contributed by atoms with Crippen LogP contribution in [0.3, 0.4) is 0 Å². The minimum absolute atomic E-state index is 0.0182. The Labute approximate surface area is 411 Å². The summed E-state index contributed by atoms with van der Waals surface area (Å²) in [6, 6.07) is 27.3. The number of nitrogens with one attached hydrogen (secondary N) is 2. The number of rotatable bonds is 12. The summed E-state index contributed by atoms with van der Waals surface area (Å²) in [6.07, 6.45) is -7.91. The summed E-state index contributed by atoms with van der Waals surface area (Å²) < 4.78 is 139. The zero-order valence-corrected chi connectivity index (χ0v) is 38.7. The molecule has 2 N–H and O–H groups in total. The zero-order chi connectivity index (χ0) is 51.4. The van der Waals surface area contributed by atoms with E-state index in [1.54, 1.807) is 60.7 Å². The molecule has 4 aromatic carbocycles. The first-order valence-electron chi connectivity index (χ1n) is 22.1. The lowest BCUT2D eigenvalue weighted by Crippen LogP contribution is -2.51. The van der Waals surface area contributed by atoms with Crippen LogP contribution in [0.15, 0.2) is 134 Å². The molecule has 2 saturated carbocycles. The van der Waals surface area contributed by atoms with Gasteiger partial charge in [0.15, 0.2) is 0 Å². The number of Topliss-reactive ketones (excluding diaryl/α,β-unsaturated/α-hetero) is 1. The molecule has 8 rings (SSSR count). The molecule has 6 aromatic rings. The van der Waals surface area contributed by atoms with E-state index < -0.39 is 88.6 Å². The van der Waals surface area contributed by atoms with Gasteiger partial charge in [-0.2, -0.15) is 26.3 Å². The van der Waals surface area contributed by atoms with E-state index in [4.69, 9.17) is 23.2 Å². The molecule has 19 heteroatoms. The summed E-state index contributed by atoms with van der Waals surface area (Å²) in [5.41, 5.74) is -4.77. The van der Waals surface area contributed by atoms with Gasteiger partial charge < -0.3 is 10.6 Å². The van der Waals surface area contributed by atoms with Crippen molar-refractivity contribution in [1.82, 2.24) is 20.6 Å². The topological polar surface area (TPSA) is 101 Å². The summed E-state index contributed by atoms with van der Waals surface area (Å²) in [5, 5.41) is 6.08. The number of nitrogens with zero attached hydrogens (tertiary/aromatic N) is 2. The highest BCUT2D eigenvalue weighted by molar-refractivity contribution is 6.30. The van der Waals surface area contributed by atoms with E-state index in [0.717, 1.165) is 24.3 Å². The number of benzene rings is 4. The van der Waals surface area contributed by atoms with Crippen molar-refractivity contribution in [2.24, 2.45) is 11.8 Å². The van der Waals surface area contributed by atoms with E-state index in [1.807, 2.05) is 0 Å². The van der Waals surface area contributed by atoms with E-state index in [0.29, 0.717) is 29.7 Å². The number of hydrogen-bond donors (Lipinski definition) is 2. The highest BCUT2D eigenvalue weighted by atomic mass is 35.5. The maximum atomic E-state index is 14.6. The Morgan fingerprint density at radius 3 is 1.37 bits per heavy atom. The van der Waals surface area contributed by atoms with Crippen LogP contribution in [-0.2, 0) is 50.7 Å². The van der Waals surface area contributed by atoms with Gasteiger partial charge in [0.25, 0.3) is 0 Å². The van der Waals surface area contributed by atoms with Gasteiger partial charge in [0.1, 0.15) is 28.5 Å². The fraction of sp³-hybridized carbons (Fsp3) is 0.288. The molecule has 2 heterocycles. The van der Waals surface area contributed by atoms with Gasteiger partial charge in [-0.05, 0) is 95.8 Å². The summed E-state index contributed by atoms with van der Waals surface area (Å²) in [6.45, 7) is 0. The van der Waals surface area contributed by atoms with E-state index in [1.165, 1.54) is 36.7 Å². The molecule has 7 nitrogen and oxygen atoms in total. The Morgan fingerprint density at radius 2 is 1.01 bits per heavy atom. The lowest BCUT2D eigenvalue weighted by atomic mass is 9.79. The fourth-order valence-corrected chi connectivity index (χ4v) is 9.16. The first-order valence-corrected chi connectivity index (χ1v) is 22.8. The van der Waals surface area contributed by atoms with Gasteiger partial charge in [-0.3, -0.25) is 24.4 Å². The maximum Gasteiger partial charge on any atom is 0.416 e. The smallest absolute Gasteiger partial charge is 0.340 e. The third-order valence-electron chi connectivity index (χ3n) is 12.5. The van der Waals surface area contributed by atoms with E-state index in [2.05, 4.69) is 20.6 Å². The van der Waals surface area contributed by atoms with Crippen LogP contribution in [0.25, 0.3) is 0 Å². The summed E-state index contributed by atoms with van der Waals surface area (Å²) >= 11 is 12.0. The van der Waals surface area contributed by atoms with Crippen LogP contribution in [0.5, 0.6) is 0 Å². The molecular weight excluding hydrogens is 989 g/mol. The van der Waals surface area contributed by atoms with Gasteiger partial charge >= 0.3 is 12.4 Å². The molecule has 372 valence electrons. The third kappa shape index (κ3) is 12.8. The first-order chi connectivity index (χ1) is 33.4. The molecule has 4 atom stereocenters. The molecule has 0 aliphatic heterocycles. The third-order valence-corrected chi connectivity index (χ3v) is 12.9. The number of pyridine rings is 2. The number of halogens is 12. The molecule has 0 saturated heterocycles. The quantitative estimate of drug-likeness (QED) is 0.119. The summed E-state index contributed by atoms with van der Waals surface area (Å²) in [4.78, 5) is 47.0. The Balaban J connectivity index is 0.000000209. The van der Waals surface area contributed by atoms with Crippen molar-refractivity contribution in [2.45, 2.75) is 80.7 Å². The van der Waals surface area contributed by atoms with Crippen LogP contribution in [0.2, 0.25) is 10.0 Å². The lowest BCUT2D eigenvalue weighted by Gasteiger charge is -2.36. The van der Waals surface area contributed by atoms with Crippen LogP contribution in [0.1, 0.15) is 83.3 Å². The number of alkyl halides is 8. The molecule has 2 aliphatic carbocycles. The normalized spacial score (nSPS) is 18.4. The molecule has 0 radical (unpaired) electrons. The fourth-order valence-electron chi connectivity index (χ4n) is 8.94. The number of ketones is 1. The molecule has 2 aromatic heterocycles. The minimum atomic E-state index is -4.87. The van der Waals surface area contributed by atoms with E-state index in [9.17, 15) is 58.3 Å². The van der Waals surface area contributed by atoms with Crippen molar-refractivity contribution in [3.8, 4) is 0 Å². The van der Waals surface area contributed by atoms with Gasteiger partial charge in [0.2, 0.25) is 17.7 Å². The molecule has 71 heavy (non-hydrogen) atoms. The average molecular weight is 1030 g/mol. The van der Waals surface area contributed by atoms with Crippen molar-refractivity contribution in [2.75, 3.05) is 0 Å². The van der Waals surface area contributed by atoms with Crippen molar-refractivity contribution >= 4 is 40.8 Å². The second-order valence-electron chi connectivity index (χ2n) is 17.6. The zero-order valence-electron chi connectivity index (χ0n) is 37.2. The van der Waals surface area contributed by atoms with Gasteiger partial charge in [-0.15, -0.1) is 0 Å². The Bertz CT molecular complexity index is 2860. The van der Waals surface area contributed by atoms with Crippen LogP contribution in [0, 0.1) is 23.5 Å². The standard InChI is InChI=1S/C26H21ClF6N2O.C26H21ClF4N2O2/c27-20-6-7-22(34-15-20)25(13-16-4-2-1-3-5-16,35-23(36)17-8-9-24(29,30)14-17)18-10-19(26(31,32)33)12-21(28)11-18;27-20-7-9-23(32-15-20)25(14-16-4-2-1-3-5-16,33-24(35)17-6-8-22(34)10-17)18-11-19(26(29,30)31)13-21(28)12-18/h1-7,10-12,15,17H,8-9,13-14H2,(H,35,36);1-5,7,9,11-13,15,17H,6,8,10,14H2,(H,33,35)/t2*17?,25-/m00/s1. The highest BCUT2D eigenvalue weighted by Crippen LogP contribution is 2.43. The summed E-state index contributed by atoms with van der Waals surface area (Å²) in [7, 11) is 0. The maximum absolute atomic E-state index is 14.6. The average Bonchev–Trinajstić information content (AvgIpc) is 3.93. The predicted molar refractivity (Wildman–Crippen MR) is 244 cm³/mol. The highest BCUT2D eigenvalue weighted by Gasteiger charge is 2.47. The van der Waals surface area contributed by atoms with Crippen LogP contribution in [0.4, 0.5) is 43.9 Å². The second-order valence-corrected chi connectivity index (χ2v) is 18.4. The Kier molecular flexibility index (Phi) is 15.7. The second kappa shape index (κ2) is 21.2. The van der Waals surface area contributed by atoms with Gasteiger partial charge in [-0.1, -0.05) is 83.9 Å². The van der Waals surface area contributed by atoms with Gasteiger partial charge in [0.05, 0.1) is 32.6 Å². The van der Waals surface area contributed by atoms with Crippen LogP contribution >= 0.6 is 23.2 Å². The van der Waals surface area contributed by atoms with Crippen LogP contribution in [-0.4, -0.2) is 33.5 Å². The lowest BCUT2D eigenvalue weighted by molar-refractivity contribution is -0.138. The van der Waals surface area contributed by atoms with E-state index >= 15 is 0 Å². The molecule has 0 spiro atoms. The van der Waals surface area contributed by atoms with Crippen molar-refractivity contribution in [3.05, 3.63) is 200 Å². The number of hydrogen-bond acceptors (Lipinski definition) is 5. The molecule has 2 amide bonds. The number of amides is 2. The molecule has 2 fully saturated rings. The SMILES string of the molecule is O=C(N[C@@](Cc1ccccc1)(c1cc(F)cc(C(F)(F)F)c1)c1ccc(Cl)cn1)C1CCC(F)(F)C1.O=C1CCC(C(=O)N[C@@](Cc2ccccc2)(c2cc(F)cc(C(F)(F)F)c2)c2ccc(Cl)cn2)C1. The number of carbonyl (C=O) groups excluding carboxylic acids is 3. The Morgan fingerprint density at radius 1 is 0.592 bits per heavy atom. The van der Waals surface area contributed by atoms with Crippen LogP contribution < -0.4 is 10.6 Å². The van der Waals surface area contributed by atoms with Crippen molar-refractivity contribution < 1.29 is 58.3 Å². The monoisotopic (exact) mass is 1030 g/mol. The van der Waals surface area contributed by atoms with E-state index in [-0.39, 0.29) is 70.4 Å². The molecule has 2 aliphatic rings.